The van der Waals surface area contributed by atoms with Gasteiger partial charge in [0.2, 0.25) is 0 Å². The number of likely N-dealkylation sites (tertiary alicyclic amines) is 1. The number of rotatable bonds is 2. The normalized spacial score (nSPS) is 21.1. The minimum Gasteiger partial charge on any atom is -0.391 e. The van der Waals surface area contributed by atoms with Crippen LogP contribution < -0.4 is 0 Å². The van der Waals surface area contributed by atoms with Gasteiger partial charge in [0, 0.05) is 6.54 Å². The van der Waals surface area contributed by atoms with E-state index >= 15 is 0 Å². The van der Waals surface area contributed by atoms with Crippen molar-refractivity contribution < 1.29 is 23.1 Å². The Morgan fingerprint density at radius 1 is 1.25 bits per heavy atom. The van der Waals surface area contributed by atoms with Crippen LogP contribution in [0.1, 0.15) is 33.9 Å². The van der Waals surface area contributed by atoms with Gasteiger partial charge in [0.1, 0.15) is 0 Å². The summed E-state index contributed by atoms with van der Waals surface area (Å²) in [5.41, 5.74) is -0.160. The average Bonchev–Trinajstić information content (AvgIpc) is 2.96. The average molecular weight is 337 g/mol. The summed E-state index contributed by atoms with van der Waals surface area (Å²) in [6.07, 6.45) is -2.42. The van der Waals surface area contributed by atoms with Gasteiger partial charge in [-0.3, -0.25) is 4.79 Å². The van der Waals surface area contributed by atoms with Gasteiger partial charge in [0.25, 0.3) is 5.91 Å². The van der Waals surface area contributed by atoms with Crippen molar-refractivity contribution in [2.45, 2.75) is 24.7 Å². The number of aliphatic hydroxyl groups is 1. The molecule has 0 unspecified atom stereocenters. The second-order valence-corrected chi connectivity index (χ2v) is 5.62. The topological polar surface area (TPSA) is 66.3 Å². The predicted molar refractivity (Wildman–Crippen MR) is 77.9 cm³/mol. The highest BCUT2D eigenvalue weighted by molar-refractivity contribution is 5.94. The molecule has 2 aromatic rings. The summed E-state index contributed by atoms with van der Waals surface area (Å²) in [6, 6.07) is 5.69. The first-order valence-corrected chi connectivity index (χ1v) is 7.29. The second kappa shape index (κ2) is 6.20. The third kappa shape index (κ3) is 3.23. The Balaban J connectivity index is 1.93. The summed E-state index contributed by atoms with van der Waals surface area (Å²) in [5.74, 6) is -0.399. The van der Waals surface area contributed by atoms with Crippen LogP contribution in [0.15, 0.2) is 42.7 Å². The summed E-state index contributed by atoms with van der Waals surface area (Å²) in [5, 5.41) is 17.1. The fourth-order valence-electron chi connectivity index (χ4n) is 2.86. The van der Waals surface area contributed by atoms with E-state index < -0.39 is 29.8 Å². The maximum absolute atomic E-state index is 12.9. The number of hydrogen-bond acceptors (Lipinski definition) is 4. The first-order valence-electron chi connectivity index (χ1n) is 7.29. The molecule has 1 aliphatic heterocycles. The first-order chi connectivity index (χ1) is 11.4. The van der Waals surface area contributed by atoms with Gasteiger partial charge in [-0.05, 0) is 30.2 Å². The number of carbonyl (C=O) groups is 1. The largest absolute Gasteiger partial charge is 0.416 e. The summed E-state index contributed by atoms with van der Waals surface area (Å²) in [4.78, 5) is 14.0. The molecule has 126 valence electrons. The maximum atomic E-state index is 12.9. The molecule has 1 aliphatic rings. The van der Waals surface area contributed by atoms with Crippen molar-refractivity contribution in [2.75, 3.05) is 6.54 Å². The SMILES string of the molecule is O=C(c1ccnnc1)N1C[C@@H](O)C[C@@H]1c1cccc(C(F)(F)F)c1. The molecule has 24 heavy (non-hydrogen) atoms. The molecular weight excluding hydrogens is 323 g/mol. The van der Waals surface area contributed by atoms with E-state index in [9.17, 15) is 23.1 Å². The van der Waals surface area contributed by atoms with Gasteiger partial charge in [-0.2, -0.15) is 23.4 Å². The Labute approximate surface area is 135 Å². The molecule has 0 bridgehead atoms. The van der Waals surface area contributed by atoms with Crippen molar-refractivity contribution in [1.82, 2.24) is 15.1 Å². The molecule has 1 aromatic carbocycles. The number of aliphatic hydroxyl groups excluding tert-OH is 1. The van der Waals surface area contributed by atoms with E-state index in [-0.39, 0.29) is 18.5 Å². The van der Waals surface area contributed by atoms with Gasteiger partial charge in [-0.15, -0.1) is 0 Å². The van der Waals surface area contributed by atoms with Gasteiger partial charge in [-0.25, -0.2) is 0 Å². The zero-order valence-electron chi connectivity index (χ0n) is 12.4. The molecule has 8 heteroatoms. The predicted octanol–water partition coefficient (Wildman–Crippen LogP) is 2.44. The molecule has 0 spiro atoms. The highest BCUT2D eigenvalue weighted by Crippen LogP contribution is 2.36. The minimum atomic E-state index is -4.46. The Hall–Kier alpha value is -2.48. The smallest absolute Gasteiger partial charge is 0.391 e. The van der Waals surface area contributed by atoms with Crippen molar-refractivity contribution in [3.63, 3.8) is 0 Å². The molecule has 0 radical (unpaired) electrons. The molecule has 0 aliphatic carbocycles. The second-order valence-electron chi connectivity index (χ2n) is 5.62. The molecule has 2 heterocycles. The van der Waals surface area contributed by atoms with E-state index in [2.05, 4.69) is 10.2 Å². The van der Waals surface area contributed by atoms with Crippen LogP contribution in [-0.4, -0.2) is 38.8 Å². The maximum Gasteiger partial charge on any atom is 0.416 e. The van der Waals surface area contributed by atoms with Crippen molar-refractivity contribution in [2.24, 2.45) is 0 Å². The molecular formula is C16H14F3N3O2. The molecule has 0 saturated carbocycles. The third-order valence-corrected chi connectivity index (χ3v) is 3.97. The third-order valence-electron chi connectivity index (χ3n) is 3.97. The lowest BCUT2D eigenvalue weighted by Crippen LogP contribution is -2.32. The number of alkyl halides is 3. The quantitative estimate of drug-likeness (QED) is 0.914. The number of aromatic nitrogens is 2. The molecule has 5 nitrogen and oxygen atoms in total. The molecule has 3 rings (SSSR count). The van der Waals surface area contributed by atoms with Crippen LogP contribution >= 0.6 is 0 Å². The van der Waals surface area contributed by atoms with Crippen LogP contribution in [0.2, 0.25) is 0 Å². The summed E-state index contributed by atoms with van der Waals surface area (Å²) in [7, 11) is 0. The fraction of sp³-hybridized carbons (Fsp3) is 0.312. The van der Waals surface area contributed by atoms with E-state index in [0.717, 1.165) is 12.1 Å². The Morgan fingerprint density at radius 3 is 2.71 bits per heavy atom. The van der Waals surface area contributed by atoms with E-state index in [1.165, 1.54) is 35.5 Å². The van der Waals surface area contributed by atoms with Crippen LogP contribution in [0.25, 0.3) is 0 Å². The Bertz CT molecular complexity index is 737. The van der Waals surface area contributed by atoms with Crippen molar-refractivity contribution in [1.29, 1.82) is 0 Å². The monoisotopic (exact) mass is 337 g/mol. The molecule has 1 aromatic heterocycles. The minimum absolute atomic E-state index is 0.0576. The van der Waals surface area contributed by atoms with Gasteiger partial charge in [0.05, 0.1) is 35.7 Å². The van der Waals surface area contributed by atoms with Crippen LogP contribution in [-0.2, 0) is 6.18 Å². The fourth-order valence-corrected chi connectivity index (χ4v) is 2.86. The van der Waals surface area contributed by atoms with Crippen LogP contribution in [0.3, 0.4) is 0 Å². The molecule has 2 atom stereocenters. The van der Waals surface area contributed by atoms with E-state index in [0.29, 0.717) is 5.56 Å². The van der Waals surface area contributed by atoms with Crippen LogP contribution in [0.5, 0.6) is 0 Å². The lowest BCUT2D eigenvalue weighted by Gasteiger charge is -2.25. The molecule has 1 amide bonds. The van der Waals surface area contributed by atoms with Crippen molar-refractivity contribution in [3.8, 4) is 0 Å². The van der Waals surface area contributed by atoms with Gasteiger partial charge < -0.3 is 10.0 Å². The zero-order chi connectivity index (χ0) is 17.3. The van der Waals surface area contributed by atoms with Gasteiger partial charge in [-0.1, -0.05) is 12.1 Å². The summed E-state index contributed by atoms with van der Waals surface area (Å²) in [6.45, 7) is 0.0576. The van der Waals surface area contributed by atoms with Gasteiger partial charge in [0.15, 0.2) is 0 Å². The number of halogens is 3. The number of nitrogens with zero attached hydrogens (tertiary/aromatic N) is 3. The van der Waals surface area contributed by atoms with E-state index in [4.69, 9.17) is 0 Å². The van der Waals surface area contributed by atoms with Crippen molar-refractivity contribution in [3.05, 3.63) is 59.4 Å². The number of amides is 1. The van der Waals surface area contributed by atoms with Crippen LogP contribution in [0, 0.1) is 0 Å². The van der Waals surface area contributed by atoms with Crippen LogP contribution in [0.4, 0.5) is 13.2 Å². The van der Waals surface area contributed by atoms with E-state index in [1.54, 1.807) is 0 Å². The summed E-state index contributed by atoms with van der Waals surface area (Å²) < 4.78 is 38.7. The number of β-amino-alcohol motifs (C(OH)–C–C–N with tert-alkyl or cyclic N) is 1. The van der Waals surface area contributed by atoms with Crippen molar-refractivity contribution >= 4 is 5.91 Å². The van der Waals surface area contributed by atoms with E-state index in [1.807, 2.05) is 0 Å². The molecule has 1 saturated heterocycles. The van der Waals surface area contributed by atoms with Gasteiger partial charge >= 0.3 is 6.18 Å². The lowest BCUT2D eigenvalue weighted by molar-refractivity contribution is -0.137. The highest BCUT2D eigenvalue weighted by Gasteiger charge is 2.37. The lowest BCUT2D eigenvalue weighted by atomic mass is 10.0. The Kier molecular flexibility index (Phi) is 4.23. The number of hydrogen-bond donors (Lipinski definition) is 1. The number of carbonyl (C=O) groups excluding carboxylic acids is 1. The summed E-state index contributed by atoms with van der Waals surface area (Å²) >= 11 is 0. The highest BCUT2D eigenvalue weighted by atomic mass is 19.4. The zero-order valence-corrected chi connectivity index (χ0v) is 12.4. The number of benzene rings is 1. The molecule has 1 N–H and O–H groups in total. The standard InChI is InChI=1S/C16H14F3N3O2/c17-16(18,19)12-3-1-2-10(6-12)14-7-13(23)9-22(14)15(24)11-4-5-20-21-8-11/h1-6,8,13-14,23H,7,9H2/t13-,14+/m0/s1. The molecule has 1 fully saturated rings. The first kappa shape index (κ1) is 16.4. The Morgan fingerprint density at radius 2 is 2.04 bits per heavy atom.